The van der Waals surface area contributed by atoms with Gasteiger partial charge in [0, 0.05) is 11.8 Å². The monoisotopic (exact) mass is 442 g/mol. The van der Waals surface area contributed by atoms with Crippen molar-refractivity contribution in [2.45, 2.75) is 12.8 Å². The number of nitrogens with zero attached hydrogens (tertiary/aromatic N) is 1. The molecule has 0 saturated carbocycles. The molecule has 1 N–H and O–H groups in total. The summed E-state index contributed by atoms with van der Waals surface area (Å²) in [6.07, 6.45) is -3.30. The first-order valence-electron chi connectivity index (χ1n) is 8.46. The Morgan fingerprint density at radius 1 is 1.10 bits per heavy atom. The summed E-state index contributed by atoms with van der Waals surface area (Å²) >= 11 is 3.91. The quantitative estimate of drug-likeness (QED) is 0.369. The fourth-order valence-electron chi connectivity index (χ4n) is 2.74. The molecule has 0 aliphatic heterocycles. The standard InChI is InChI=1S/C20H15F5N2O2S/c1-28-19-15(27-30)8-12(9-26-19)17-14(21)5-6-16(18(17)22)29-10-11-3-2-4-13(7-11)20(23,24)25/h2-9,27,30H,10H2,1H3. The van der Waals surface area contributed by atoms with Crippen LogP contribution in [0.5, 0.6) is 11.6 Å². The van der Waals surface area contributed by atoms with Gasteiger partial charge in [0.1, 0.15) is 18.1 Å². The van der Waals surface area contributed by atoms with E-state index in [1.54, 1.807) is 0 Å². The zero-order chi connectivity index (χ0) is 21.9. The van der Waals surface area contributed by atoms with E-state index in [9.17, 15) is 22.0 Å². The molecule has 10 heteroatoms. The van der Waals surface area contributed by atoms with Gasteiger partial charge >= 0.3 is 6.18 Å². The second kappa shape index (κ2) is 8.78. The summed E-state index contributed by atoms with van der Waals surface area (Å²) in [7, 11) is 1.38. The zero-order valence-corrected chi connectivity index (χ0v) is 16.3. The van der Waals surface area contributed by atoms with Crippen LogP contribution in [0.4, 0.5) is 27.6 Å². The van der Waals surface area contributed by atoms with Gasteiger partial charge in [0.2, 0.25) is 5.88 Å². The van der Waals surface area contributed by atoms with E-state index in [1.807, 2.05) is 0 Å². The van der Waals surface area contributed by atoms with Gasteiger partial charge in [-0.3, -0.25) is 0 Å². The number of halogens is 5. The molecule has 30 heavy (non-hydrogen) atoms. The SMILES string of the molecule is COc1ncc(-c2c(F)ccc(OCc3cccc(C(F)(F)F)c3)c2F)cc1NS. The molecule has 0 bridgehead atoms. The summed E-state index contributed by atoms with van der Waals surface area (Å²) in [6, 6.07) is 7.91. The number of rotatable bonds is 6. The van der Waals surface area contributed by atoms with Crippen LogP contribution in [0, 0.1) is 11.6 Å². The topological polar surface area (TPSA) is 43.4 Å². The smallest absolute Gasteiger partial charge is 0.416 e. The van der Waals surface area contributed by atoms with Crippen LogP contribution in [-0.4, -0.2) is 12.1 Å². The predicted molar refractivity (Wildman–Crippen MR) is 105 cm³/mol. The van der Waals surface area contributed by atoms with Crippen LogP contribution in [-0.2, 0) is 12.8 Å². The molecule has 0 aliphatic rings. The van der Waals surface area contributed by atoms with Crippen molar-refractivity contribution in [3.8, 4) is 22.8 Å². The van der Waals surface area contributed by atoms with E-state index in [1.165, 1.54) is 31.5 Å². The van der Waals surface area contributed by atoms with Gasteiger partial charge in [0.05, 0.1) is 18.2 Å². The van der Waals surface area contributed by atoms with Crippen molar-refractivity contribution in [2.24, 2.45) is 0 Å². The Hall–Kier alpha value is -3.01. The second-order valence-electron chi connectivity index (χ2n) is 6.11. The number of hydrogen-bond donors (Lipinski definition) is 2. The molecular formula is C20H15F5N2O2S. The molecule has 0 amide bonds. The van der Waals surface area contributed by atoms with Crippen LogP contribution in [0.1, 0.15) is 11.1 Å². The second-order valence-corrected chi connectivity index (χ2v) is 6.34. The predicted octanol–water partition coefficient (Wildman–Crippen LogP) is 5.89. The van der Waals surface area contributed by atoms with Crippen LogP contribution in [0.15, 0.2) is 48.7 Å². The lowest BCUT2D eigenvalue weighted by Crippen LogP contribution is -2.06. The minimum absolute atomic E-state index is 0.0897. The van der Waals surface area contributed by atoms with Gasteiger partial charge in [-0.1, -0.05) is 24.9 Å². The van der Waals surface area contributed by atoms with Crippen LogP contribution in [0.2, 0.25) is 0 Å². The molecule has 0 spiro atoms. The highest BCUT2D eigenvalue weighted by Crippen LogP contribution is 2.35. The van der Waals surface area contributed by atoms with Crippen molar-refractivity contribution in [1.29, 1.82) is 0 Å². The first kappa shape index (κ1) is 21.7. The molecule has 0 fully saturated rings. The van der Waals surface area contributed by atoms with Crippen LogP contribution in [0.25, 0.3) is 11.1 Å². The van der Waals surface area contributed by atoms with E-state index in [-0.39, 0.29) is 35.1 Å². The molecule has 0 radical (unpaired) electrons. The van der Waals surface area contributed by atoms with E-state index < -0.39 is 28.9 Å². The van der Waals surface area contributed by atoms with Gasteiger partial charge in [-0.15, -0.1) is 0 Å². The fraction of sp³-hybridized carbons (Fsp3) is 0.150. The number of nitrogens with one attached hydrogen (secondary N) is 1. The van der Waals surface area contributed by atoms with Crippen molar-refractivity contribution < 1.29 is 31.4 Å². The lowest BCUT2D eigenvalue weighted by molar-refractivity contribution is -0.137. The normalized spacial score (nSPS) is 11.3. The summed E-state index contributed by atoms with van der Waals surface area (Å²) in [5, 5.41) is 0. The van der Waals surface area contributed by atoms with Gasteiger partial charge in [-0.2, -0.15) is 13.2 Å². The number of hydrogen-bond acceptors (Lipinski definition) is 5. The number of ether oxygens (including phenoxy) is 2. The lowest BCUT2D eigenvalue weighted by Gasteiger charge is -2.14. The van der Waals surface area contributed by atoms with E-state index in [0.29, 0.717) is 0 Å². The third kappa shape index (κ3) is 4.59. The lowest BCUT2D eigenvalue weighted by atomic mass is 10.1. The molecular weight excluding hydrogens is 427 g/mol. The molecule has 0 unspecified atom stereocenters. The maximum Gasteiger partial charge on any atom is 0.416 e. The van der Waals surface area contributed by atoms with E-state index in [2.05, 4.69) is 22.5 Å². The summed E-state index contributed by atoms with van der Waals surface area (Å²) < 4.78 is 80.7. The molecule has 1 aromatic heterocycles. The van der Waals surface area contributed by atoms with E-state index in [4.69, 9.17) is 9.47 Å². The molecule has 0 atom stereocenters. The highest BCUT2D eigenvalue weighted by atomic mass is 32.1. The number of alkyl halides is 3. The highest BCUT2D eigenvalue weighted by molar-refractivity contribution is 7.81. The Balaban J connectivity index is 1.90. The van der Waals surface area contributed by atoms with Gasteiger partial charge in [-0.05, 0) is 35.9 Å². The van der Waals surface area contributed by atoms with Crippen molar-refractivity contribution in [3.05, 3.63) is 71.4 Å². The molecule has 3 rings (SSSR count). The Morgan fingerprint density at radius 3 is 2.53 bits per heavy atom. The summed E-state index contributed by atoms with van der Waals surface area (Å²) in [6.45, 7) is -0.337. The molecule has 3 aromatic rings. The van der Waals surface area contributed by atoms with Crippen LogP contribution in [0.3, 0.4) is 0 Å². The number of thiol groups is 1. The average Bonchev–Trinajstić information content (AvgIpc) is 2.72. The Labute approximate surface area is 174 Å². The molecule has 2 aromatic carbocycles. The first-order chi connectivity index (χ1) is 14.2. The highest BCUT2D eigenvalue weighted by Gasteiger charge is 2.30. The summed E-state index contributed by atoms with van der Waals surface area (Å²) in [5.74, 6) is -2.03. The van der Waals surface area contributed by atoms with Gasteiger partial charge in [0.15, 0.2) is 11.6 Å². The third-order valence-corrected chi connectivity index (χ3v) is 4.40. The van der Waals surface area contributed by atoms with Crippen molar-refractivity contribution in [3.63, 3.8) is 0 Å². The van der Waals surface area contributed by atoms with Gasteiger partial charge in [-0.25, -0.2) is 13.8 Å². The maximum atomic E-state index is 15.0. The Morgan fingerprint density at radius 2 is 1.87 bits per heavy atom. The summed E-state index contributed by atoms with van der Waals surface area (Å²) in [4.78, 5) is 3.97. The Kier molecular flexibility index (Phi) is 6.35. The van der Waals surface area contributed by atoms with Crippen molar-refractivity contribution >= 4 is 18.5 Å². The minimum Gasteiger partial charge on any atom is -0.486 e. The number of aromatic nitrogens is 1. The van der Waals surface area contributed by atoms with Crippen molar-refractivity contribution in [2.75, 3.05) is 11.8 Å². The minimum atomic E-state index is -4.51. The number of pyridine rings is 1. The molecule has 158 valence electrons. The van der Waals surface area contributed by atoms with Crippen molar-refractivity contribution in [1.82, 2.24) is 4.98 Å². The van der Waals surface area contributed by atoms with Gasteiger partial charge in [0.25, 0.3) is 0 Å². The average molecular weight is 442 g/mol. The molecule has 0 aliphatic carbocycles. The number of benzene rings is 2. The zero-order valence-electron chi connectivity index (χ0n) is 15.4. The third-order valence-electron chi connectivity index (χ3n) is 4.16. The largest absolute Gasteiger partial charge is 0.486 e. The number of anilines is 1. The fourth-order valence-corrected chi connectivity index (χ4v) is 2.90. The van der Waals surface area contributed by atoms with Crippen LogP contribution < -0.4 is 14.2 Å². The number of methoxy groups -OCH3 is 1. The summed E-state index contributed by atoms with van der Waals surface area (Å²) in [5.41, 5.74) is -0.696. The first-order valence-corrected chi connectivity index (χ1v) is 8.90. The van der Waals surface area contributed by atoms with Crippen LogP contribution >= 0.6 is 12.8 Å². The Bertz CT molecular complexity index is 1060. The molecule has 1 heterocycles. The van der Waals surface area contributed by atoms with E-state index >= 15 is 0 Å². The molecule has 4 nitrogen and oxygen atoms in total. The van der Waals surface area contributed by atoms with Gasteiger partial charge < -0.3 is 14.2 Å². The van der Waals surface area contributed by atoms with E-state index in [0.717, 1.165) is 24.3 Å². The maximum absolute atomic E-state index is 15.0. The molecule has 0 saturated heterocycles.